The van der Waals surface area contributed by atoms with Gasteiger partial charge in [0.05, 0.1) is 16.6 Å². The average Bonchev–Trinajstić information content (AvgIpc) is 3.47. The minimum atomic E-state index is -0.683. The molecule has 10 nitrogen and oxygen atoms in total. The van der Waals surface area contributed by atoms with Crippen LogP contribution in [-0.2, 0) is 33.8 Å². The maximum Gasteiger partial charge on any atom is 0.272 e. The highest BCUT2D eigenvalue weighted by atomic mass is 19.1. The third kappa shape index (κ3) is 8.58. The standard InChI is InChI=1S/C41H43FN4O6/c42-34-19-18-26(23-35-29-14-9-10-15-30(29)39(50)45-44-35)22-32(34)37(48)17-8-6-4-2-1-3-5-7-13-28(47)24-27-12-11-16-31-33(27)25-46(41(31)52)36-20-21-38(49)43-40(36)51/h9-12,14-16,18-19,22,36H,1-8,13,17,20-21,23-25H2,(H,45,50)(H,43,49,51). The molecular weight excluding hydrogens is 663 g/mol. The van der Waals surface area contributed by atoms with Crippen LogP contribution in [0.4, 0.5) is 4.39 Å². The van der Waals surface area contributed by atoms with Gasteiger partial charge in [0.15, 0.2) is 5.78 Å². The molecule has 11 heteroatoms. The number of hydrogen-bond acceptors (Lipinski definition) is 7. The predicted molar refractivity (Wildman–Crippen MR) is 193 cm³/mol. The van der Waals surface area contributed by atoms with Gasteiger partial charge in [0.2, 0.25) is 11.8 Å². The zero-order valence-electron chi connectivity index (χ0n) is 29.2. The van der Waals surface area contributed by atoms with Crippen LogP contribution in [0.3, 0.4) is 0 Å². The van der Waals surface area contributed by atoms with E-state index < -0.39 is 17.8 Å². The highest BCUT2D eigenvalue weighted by Gasteiger charge is 2.39. The Morgan fingerprint density at radius 3 is 2.29 bits per heavy atom. The largest absolute Gasteiger partial charge is 0.322 e. The Morgan fingerprint density at radius 1 is 0.827 bits per heavy atom. The lowest BCUT2D eigenvalue weighted by Crippen LogP contribution is -2.52. The van der Waals surface area contributed by atoms with Crippen LogP contribution in [0.5, 0.6) is 0 Å². The molecule has 270 valence electrons. The molecule has 1 aromatic heterocycles. The van der Waals surface area contributed by atoms with Crippen LogP contribution < -0.4 is 10.9 Å². The van der Waals surface area contributed by atoms with Crippen molar-refractivity contribution in [1.29, 1.82) is 0 Å². The fourth-order valence-electron chi connectivity index (χ4n) is 7.31. The molecule has 2 N–H and O–H groups in total. The summed E-state index contributed by atoms with van der Waals surface area (Å²) < 4.78 is 14.6. The second-order valence-electron chi connectivity index (χ2n) is 13.8. The molecular formula is C41H43FN4O6. The van der Waals surface area contributed by atoms with Crippen molar-refractivity contribution in [2.45, 2.75) is 102 Å². The smallest absolute Gasteiger partial charge is 0.272 e. The molecule has 2 aliphatic rings. The third-order valence-corrected chi connectivity index (χ3v) is 10.2. The summed E-state index contributed by atoms with van der Waals surface area (Å²) in [5.41, 5.74) is 3.34. The van der Waals surface area contributed by atoms with Crippen LogP contribution in [0.2, 0.25) is 0 Å². The Balaban J connectivity index is 0.862. The molecule has 6 rings (SSSR count). The number of rotatable bonds is 17. The number of piperidine rings is 1. The Kier molecular flexibility index (Phi) is 11.8. The van der Waals surface area contributed by atoms with Gasteiger partial charge in [-0.05, 0) is 60.2 Å². The van der Waals surface area contributed by atoms with Crippen molar-refractivity contribution >= 4 is 40.1 Å². The van der Waals surface area contributed by atoms with Crippen LogP contribution in [-0.4, -0.2) is 50.4 Å². The lowest BCUT2D eigenvalue weighted by Gasteiger charge is -2.29. The summed E-state index contributed by atoms with van der Waals surface area (Å²) in [4.78, 5) is 76.3. The number of ketones is 2. The summed E-state index contributed by atoms with van der Waals surface area (Å²) in [7, 11) is 0. The number of unbranched alkanes of at least 4 members (excludes halogenated alkanes) is 7. The quantitative estimate of drug-likeness (QED) is 0.0744. The molecule has 4 aromatic rings. The Morgan fingerprint density at radius 2 is 1.54 bits per heavy atom. The van der Waals surface area contributed by atoms with Crippen molar-refractivity contribution in [3.63, 3.8) is 0 Å². The number of nitrogens with one attached hydrogen (secondary N) is 2. The lowest BCUT2D eigenvalue weighted by atomic mass is 9.97. The molecule has 3 aromatic carbocycles. The molecule has 1 unspecified atom stereocenters. The molecule has 0 saturated carbocycles. The molecule has 0 spiro atoms. The van der Waals surface area contributed by atoms with Gasteiger partial charge in [-0.1, -0.05) is 74.9 Å². The number of hydrogen-bond donors (Lipinski definition) is 2. The van der Waals surface area contributed by atoms with E-state index in [0.717, 1.165) is 67.0 Å². The number of benzene rings is 3. The number of nitrogens with zero attached hydrogens (tertiary/aromatic N) is 2. The second-order valence-corrected chi connectivity index (χ2v) is 13.8. The monoisotopic (exact) mass is 706 g/mol. The van der Waals surface area contributed by atoms with Gasteiger partial charge in [0.1, 0.15) is 17.6 Å². The molecule has 0 aliphatic carbocycles. The minimum Gasteiger partial charge on any atom is -0.322 e. The predicted octanol–water partition coefficient (Wildman–Crippen LogP) is 6.31. The number of carbonyl (C=O) groups is 5. The summed E-state index contributed by atoms with van der Waals surface area (Å²) in [6, 6.07) is 16.4. The number of amides is 3. The van der Waals surface area contributed by atoms with Crippen molar-refractivity contribution < 1.29 is 28.4 Å². The van der Waals surface area contributed by atoms with Crippen molar-refractivity contribution in [1.82, 2.24) is 20.4 Å². The van der Waals surface area contributed by atoms with E-state index in [4.69, 9.17) is 0 Å². The molecule has 0 bridgehead atoms. The number of halogens is 1. The van der Waals surface area contributed by atoms with E-state index >= 15 is 0 Å². The van der Waals surface area contributed by atoms with Gasteiger partial charge in [-0.3, -0.25) is 34.1 Å². The lowest BCUT2D eigenvalue weighted by molar-refractivity contribution is -0.137. The van der Waals surface area contributed by atoms with E-state index in [1.807, 2.05) is 18.2 Å². The first kappa shape index (κ1) is 36.5. The summed E-state index contributed by atoms with van der Waals surface area (Å²) in [5.74, 6) is -1.65. The Hall–Kier alpha value is -5.32. The van der Waals surface area contributed by atoms with E-state index in [1.54, 1.807) is 36.4 Å². The van der Waals surface area contributed by atoms with Crippen LogP contribution in [0, 0.1) is 5.82 Å². The molecule has 2 aliphatic heterocycles. The summed E-state index contributed by atoms with van der Waals surface area (Å²) >= 11 is 0. The Bertz CT molecular complexity index is 2070. The highest BCUT2D eigenvalue weighted by molar-refractivity contribution is 6.05. The van der Waals surface area contributed by atoms with E-state index in [1.165, 1.54) is 11.0 Å². The van der Waals surface area contributed by atoms with Gasteiger partial charge >= 0.3 is 0 Å². The van der Waals surface area contributed by atoms with Crippen molar-refractivity contribution in [3.8, 4) is 0 Å². The number of Topliss-reactive ketones (excluding diaryl/α,β-unsaturated/α-hetero) is 2. The number of H-pyrrole nitrogens is 1. The normalized spacial score (nSPS) is 15.6. The van der Waals surface area contributed by atoms with Crippen molar-refractivity contribution in [2.75, 3.05) is 0 Å². The van der Waals surface area contributed by atoms with Crippen molar-refractivity contribution in [3.05, 3.63) is 110 Å². The topological polar surface area (TPSA) is 146 Å². The summed E-state index contributed by atoms with van der Waals surface area (Å²) in [6.07, 6.45) is 9.20. The molecule has 3 amide bonds. The van der Waals surface area contributed by atoms with Crippen LogP contribution >= 0.6 is 0 Å². The van der Waals surface area contributed by atoms with Crippen LogP contribution in [0.25, 0.3) is 10.8 Å². The number of imide groups is 1. The first-order valence-corrected chi connectivity index (χ1v) is 18.2. The number of carbonyl (C=O) groups excluding carboxylic acids is 5. The van der Waals surface area contributed by atoms with Crippen LogP contribution in [0.1, 0.15) is 120 Å². The highest BCUT2D eigenvalue weighted by Crippen LogP contribution is 2.30. The van der Waals surface area contributed by atoms with Gasteiger partial charge in [-0.15, -0.1) is 0 Å². The zero-order chi connectivity index (χ0) is 36.6. The minimum absolute atomic E-state index is 0.0834. The fraction of sp³-hybridized carbons (Fsp3) is 0.390. The molecule has 1 saturated heterocycles. The van der Waals surface area contributed by atoms with Gasteiger partial charge in [0, 0.05) is 49.6 Å². The van der Waals surface area contributed by atoms with Gasteiger partial charge in [0.25, 0.3) is 11.5 Å². The van der Waals surface area contributed by atoms with E-state index in [2.05, 4.69) is 15.5 Å². The first-order chi connectivity index (χ1) is 25.2. The SMILES string of the molecule is O=C(CCCCCCCCCCC(=O)c1cc(Cc2n[nH]c(=O)c3ccccc23)ccc1F)Cc1cccc2c1CN(C1CCC(=O)NC1=O)C2=O. The van der Waals surface area contributed by atoms with E-state index in [0.29, 0.717) is 42.3 Å². The molecule has 52 heavy (non-hydrogen) atoms. The van der Waals surface area contributed by atoms with Crippen molar-refractivity contribution in [2.24, 2.45) is 0 Å². The van der Waals surface area contributed by atoms with E-state index in [-0.39, 0.29) is 60.3 Å². The summed E-state index contributed by atoms with van der Waals surface area (Å²) in [5, 5.41) is 10.3. The average molecular weight is 707 g/mol. The van der Waals surface area contributed by atoms with Gasteiger partial charge in [-0.2, -0.15) is 5.10 Å². The number of aromatic nitrogens is 2. The number of aromatic amines is 1. The van der Waals surface area contributed by atoms with Gasteiger partial charge < -0.3 is 4.90 Å². The molecule has 0 radical (unpaired) electrons. The number of fused-ring (bicyclic) bond motifs is 2. The summed E-state index contributed by atoms with van der Waals surface area (Å²) in [6.45, 7) is 0.261. The van der Waals surface area contributed by atoms with E-state index in [9.17, 15) is 33.2 Å². The fourth-order valence-corrected chi connectivity index (χ4v) is 7.31. The Labute approximate surface area is 301 Å². The maximum absolute atomic E-state index is 14.6. The molecule has 1 atom stereocenters. The molecule has 3 heterocycles. The zero-order valence-corrected chi connectivity index (χ0v) is 29.2. The molecule has 1 fully saturated rings. The van der Waals surface area contributed by atoms with Gasteiger partial charge in [-0.25, -0.2) is 9.49 Å². The first-order valence-electron chi connectivity index (χ1n) is 18.2. The maximum atomic E-state index is 14.6. The van der Waals surface area contributed by atoms with Crippen LogP contribution in [0.15, 0.2) is 65.5 Å². The second kappa shape index (κ2) is 16.8. The third-order valence-electron chi connectivity index (χ3n) is 10.2.